The average Bonchev–Trinajstić information content (AvgIpc) is 3.31. The first kappa shape index (κ1) is 27.8. The van der Waals surface area contributed by atoms with Crippen molar-refractivity contribution in [1.82, 2.24) is 10.3 Å². The van der Waals surface area contributed by atoms with Crippen LogP contribution < -0.4 is 5.32 Å². The number of alkyl carbamates (subject to hydrolysis) is 1. The number of hydrogen-bond donors (Lipinski definition) is 3. The summed E-state index contributed by atoms with van der Waals surface area (Å²) in [7, 11) is 0. The molecular formula is C29H38N2O4S. The Labute approximate surface area is 218 Å². The van der Waals surface area contributed by atoms with Gasteiger partial charge >= 0.3 is 6.09 Å². The maximum absolute atomic E-state index is 12.6. The second-order valence-corrected chi connectivity index (χ2v) is 11.3. The fraction of sp³-hybridized carbons (Fsp3) is 0.448. The van der Waals surface area contributed by atoms with Gasteiger partial charge in [0.05, 0.1) is 17.2 Å². The molecule has 3 atom stereocenters. The maximum atomic E-state index is 12.6. The lowest BCUT2D eigenvalue weighted by atomic mass is 9.89. The SMILES string of the molecule is CC(C)(C)OC(=O)N[C@@H](Cc1ccccc1)[C@@H](O)CC(Cc1ccccc1)c1ncc(CCCO)s1. The third-order valence-electron chi connectivity index (χ3n) is 5.82. The molecule has 194 valence electrons. The molecule has 36 heavy (non-hydrogen) atoms. The monoisotopic (exact) mass is 510 g/mol. The first-order valence-corrected chi connectivity index (χ1v) is 13.4. The lowest BCUT2D eigenvalue weighted by Crippen LogP contribution is -2.47. The summed E-state index contributed by atoms with van der Waals surface area (Å²) in [5.74, 6) is -0.0195. The van der Waals surface area contributed by atoms with Gasteiger partial charge in [-0.3, -0.25) is 0 Å². The second kappa shape index (κ2) is 13.5. The first-order chi connectivity index (χ1) is 17.2. The number of aromatic nitrogens is 1. The second-order valence-electron chi connectivity index (χ2n) is 10.1. The van der Waals surface area contributed by atoms with Crippen LogP contribution in [0.15, 0.2) is 66.9 Å². The third kappa shape index (κ3) is 9.37. The van der Waals surface area contributed by atoms with Crippen molar-refractivity contribution in [3.63, 3.8) is 0 Å². The van der Waals surface area contributed by atoms with Crippen molar-refractivity contribution >= 4 is 17.4 Å². The van der Waals surface area contributed by atoms with Gasteiger partial charge in [0.25, 0.3) is 0 Å². The minimum Gasteiger partial charge on any atom is -0.444 e. The molecular weight excluding hydrogens is 472 g/mol. The Balaban J connectivity index is 1.81. The molecule has 1 heterocycles. The highest BCUT2D eigenvalue weighted by molar-refractivity contribution is 7.11. The van der Waals surface area contributed by atoms with E-state index in [4.69, 9.17) is 4.74 Å². The lowest BCUT2D eigenvalue weighted by molar-refractivity contribution is 0.0405. The van der Waals surface area contributed by atoms with Gasteiger partial charge in [-0.15, -0.1) is 11.3 Å². The number of aryl methyl sites for hydroxylation is 1. The normalized spacial score (nSPS) is 14.1. The summed E-state index contributed by atoms with van der Waals surface area (Å²) in [5.41, 5.74) is 1.56. The van der Waals surface area contributed by atoms with Crippen LogP contribution in [0.1, 0.15) is 60.5 Å². The number of ether oxygens (including phenoxy) is 1. The van der Waals surface area contributed by atoms with Crippen LogP contribution in [0.25, 0.3) is 0 Å². The fourth-order valence-corrected chi connectivity index (χ4v) is 5.19. The minimum absolute atomic E-state index is 0.0195. The Kier molecular flexibility index (Phi) is 10.5. The molecule has 0 radical (unpaired) electrons. The number of carbonyl (C=O) groups excluding carboxylic acids is 1. The van der Waals surface area contributed by atoms with E-state index in [1.807, 2.05) is 75.5 Å². The molecule has 0 aliphatic rings. The van der Waals surface area contributed by atoms with Crippen LogP contribution in [0, 0.1) is 0 Å². The van der Waals surface area contributed by atoms with E-state index in [1.54, 1.807) is 11.3 Å². The molecule has 1 aromatic heterocycles. The quantitative estimate of drug-likeness (QED) is 0.308. The highest BCUT2D eigenvalue weighted by Crippen LogP contribution is 2.31. The van der Waals surface area contributed by atoms with Crippen molar-refractivity contribution in [3.8, 4) is 0 Å². The van der Waals surface area contributed by atoms with Crippen molar-refractivity contribution in [3.05, 3.63) is 87.9 Å². The molecule has 0 aliphatic heterocycles. The summed E-state index contributed by atoms with van der Waals surface area (Å²) in [6.45, 7) is 5.61. The molecule has 3 aromatic rings. The van der Waals surface area contributed by atoms with Gasteiger partial charge in [0.2, 0.25) is 0 Å². The Morgan fingerprint density at radius 1 is 1.03 bits per heavy atom. The molecule has 6 nitrogen and oxygen atoms in total. The van der Waals surface area contributed by atoms with Crippen molar-refractivity contribution in [1.29, 1.82) is 0 Å². The van der Waals surface area contributed by atoms with Gasteiger partial charge in [0, 0.05) is 23.6 Å². The summed E-state index contributed by atoms with van der Waals surface area (Å²) >= 11 is 1.63. The van der Waals surface area contributed by atoms with E-state index in [0.717, 1.165) is 28.3 Å². The molecule has 2 aromatic carbocycles. The van der Waals surface area contributed by atoms with E-state index in [1.165, 1.54) is 5.56 Å². The van der Waals surface area contributed by atoms with E-state index < -0.39 is 23.8 Å². The average molecular weight is 511 g/mol. The maximum Gasteiger partial charge on any atom is 0.407 e. The Hall–Kier alpha value is -2.74. The highest BCUT2D eigenvalue weighted by Gasteiger charge is 2.29. The van der Waals surface area contributed by atoms with Crippen LogP contribution in [-0.2, 0) is 24.0 Å². The number of aliphatic hydroxyl groups is 2. The molecule has 0 fully saturated rings. The van der Waals surface area contributed by atoms with Crippen molar-refractivity contribution in [2.45, 2.75) is 76.5 Å². The third-order valence-corrected chi connectivity index (χ3v) is 7.04. The number of amides is 1. The molecule has 0 aliphatic carbocycles. The van der Waals surface area contributed by atoms with Crippen LogP contribution in [-0.4, -0.2) is 45.6 Å². The number of rotatable bonds is 12. The van der Waals surface area contributed by atoms with E-state index in [2.05, 4.69) is 22.4 Å². The number of nitrogens with zero attached hydrogens (tertiary/aromatic N) is 1. The lowest BCUT2D eigenvalue weighted by Gasteiger charge is -2.29. The summed E-state index contributed by atoms with van der Waals surface area (Å²) in [6, 6.07) is 19.5. The van der Waals surface area contributed by atoms with Crippen LogP contribution in [0.5, 0.6) is 0 Å². The minimum atomic E-state index is -0.809. The molecule has 3 rings (SSSR count). The van der Waals surface area contributed by atoms with E-state index in [0.29, 0.717) is 19.3 Å². The number of thiazole rings is 1. The van der Waals surface area contributed by atoms with Crippen LogP contribution in [0.3, 0.4) is 0 Å². The summed E-state index contributed by atoms with van der Waals surface area (Å²) < 4.78 is 5.49. The summed E-state index contributed by atoms with van der Waals surface area (Å²) in [5, 5.41) is 24.5. The molecule has 7 heteroatoms. The molecule has 0 spiro atoms. The Morgan fingerprint density at radius 3 is 2.22 bits per heavy atom. The topological polar surface area (TPSA) is 91.7 Å². The standard InChI is InChI=1S/C29H38N2O4S/c1-29(2,3)35-28(34)31-25(18-22-13-8-5-9-14-22)26(33)19-23(17-21-11-6-4-7-12-21)27-30-20-24(36-27)15-10-16-32/h4-9,11-14,20,23,25-26,32-33H,10,15-19H2,1-3H3,(H,31,34)/t23?,25-,26-/m0/s1. The van der Waals surface area contributed by atoms with Crippen LogP contribution in [0.4, 0.5) is 4.79 Å². The zero-order chi connectivity index (χ0) is 26.0. The summed E-state index contributed by atoms with van der Waals surface area (Å²) in [4.78, 5) is 18.4. The predicted molar refractivity (Wildman–Crippen MR) is 144 cm³/mol. The number of hydrogen-bond acceptors (Lipinski definition) is 6. The van der Waals surface area contributed by atoms with E-state index >= 15 is 0 Å². The van der Waals surface area contributed by atoms with Crippen molar-refractivity contribution in [2.24, 2.45) is 0 Å². The molecule has 0 saturated heterocycles. The zero-order valence-corrected chi connectivity index (χ0v) is 22.2. The highest BCUT2D eigenvalue weighted by atomic mass is 32.1. The zero-order valence-electron chi connectivity index (χ0n) is 21.4. The van der Waals surface area contributed by atoms with Gasteiger partial charge in [0.15, 0.2) is 0 Å². The fourth-order valence-electron chi connectivity index (χ4n) is 4.12. The smallest absolute Gasteiger partial charge is 0.407 e. The Morgan fingerprint density at radius 2 is 1.64 bits per heavy atom. The van der Waals surface area contributed by atoms with Crippen molar-refractivity contribution < 1.29 is 19.7 Å². The van der Waals surface area contributed by atoms with Crippen molar-refractivity contribution in [2.75, 3.05) is 6.61 Å². The van der Waals surface area contributed by atoms with Gasteiger partial charge < -0.3 is 20.3 Å². The molecule has 1 amide bonds. The largest absolute Gasteiger partial charge is 0.444 e. The molecule has 0 bridgehead atoms. The molecule has 3 N–H and O–H groups in total. The van der Waals surface area contributed by atoms with Gasteiger partial charge in [-0.05, 0) is 64.0 Å². The van der Waals surface area contributed by atoms with Gasteiger partial charge in [-0.1, -0.05) is 60.7 Å². The Bertz CT molecular complexity index is 1050. The number of carbonyl (C=O) groups is 1. The number of nitrogens with one attached hydrogen (secondary N) is 1. The van der Waals surface area contributed by atoms with E-state index in [9.17, 15) is 15.0 Å². The molecule has 0 saturated carbocycles. The van der Waals surface area contributed by atoms with Gasteiger partial charge in [-0.2, -0.15) is 0 Å². The molecule has 1 unspecified atom stereocenters. The van der Waals surface area contributed by atoms with Gasteiger partial charge in [0.1, 0.15) is 5.60 Å². The number of aliphatic hydroxyl groups excluding tert-OH is 2. The van der Waals surface area contributed by atoms with E-state index in [-0.39, 0.29) is 12.5 Å². The summed E-state index contributed by atoms with van der Waals surface area (Å²) in [6.07, 6.45) is 3.67. The predicted octanol–water partition coefficient (Wildman–Crippen LogP) is 5.28. The van der Waals surface area contributed by atoms with Crippen LogP contribution in [0.2, 0.25) is 0 Å². The van der Waals surface area contributed by atoms with Crippen LogP contribution >= 0.6 is 11.3 Å². The number of benzene rings is 2. The van der Waals surface area contributed by atoms with Gasteiger partial charge in [-0.25, -0.2) is 9.78 Å². The first-order valence-electron chi connectivity index (χ1n) is 12.5.